The first-order valence-corrected chi connectivity index (χ1v) is 5.25. The lowest BCUT2D eigenvalue weighted by Crippen LogP contribution is -2.13. The fourth-order valence-corrected chi connectivity index (χ4v) is 2.01. The van der Waals surface area contributed by atoms with E-state index in [2.05, 4.69) is 0 Å². The molecule has 1 aromatic carbocycles. The van der Waals surface area contributed by atoms with Crippen LogP contribution in [0.4, 0.5) is 4.39 Å². The average Bonchev–Trinajstić information content (AvgIpc) is 2.93. The molecule has 0 heterocycles. The molecule has 0 aromatic heterocycles. The Balaban J connectivity index is 2.36. The van der Waals surface area contributed by atoms with Gasteiger partial charge in [0.2, 0.25) is 0 Å². The lowest BCUT2D eigenvalue weighted by molar-refractivity contribution is 0.602. The summed E-state index contributed by atoms with van der Waals surface area (Å²) >= 11 is 11.5. The van der Waals surface area contributed by atoms with Crippen molar-refractivity contribution in [1.82, 2.24) is 0 Å². The SMILES string of the molecule is N[C@H](c1cc(F)c(Cl)cc1Cl)C1CC1. The number of hydrogen-bond acceptors (Lipinski definition) is 1. The number of nitrogens with two attached hydrogens (primary N) is 1. The Morgan fingerprint density at radius 1 is 1.29 bits per heavy atom. The zero-order chi connectivity index (χ0) is 10.3. The van der Waals surface area contributed by atoms with Crippen LogP contribution >= 0.6 is 23.2 Å². The summed E-state index contributed by atoms with van der Waals surface area (Å²) in [5.74, 6) is -0.00441. The predicted octanol–water partition coefficient (Wildman–Crippen LogP) is 3.54. The molecule has 1 aliphatic rings. The van der Waals surface area contributed by atoms with Crippen molar-refractivity contribution in [2.24, 2.45) is 11.7 Å². The number of benzene rings is 1. The number of halogens is 3. The minimum Gasteiger partial charge on any atom is -0.324 e. The van der Waals surface area contributed by atoms with E-state index in [0.29, 0.717) is 16.5 Å². The van der Waals surface area contributed by atoms with Crippen LogP contribution in [0.25, 0.3) is 0 Å². The highest BCUT2D eigenvalue weighted by Gasteiger charge is 2.31. The van der Waals surface area contributed by atoms with Gasteiger partial charge in [-0.1, -0.05) is 23.2 Å². The molecule has 1 nitrogen and oxygen atoms in total. The van der Waals surface area contributed by atoms with Gasteiger partial charge in [0.25, 0.3) is 0 Å². The summed E-state index contributed by atoms with van der Waals surface area (Å²) in [4.78, 5) is 0. The molecule has 0 amide bonds. The summed E-state index contributed by atoms with van der Waals surface area (Å²) in [6, 6.07) is 2.60. The van der Waals surface area contributed by atoms with Gasteiger partial charge in [-0.3, -0.25) is 0 Å². The first-order chi connectivity index (χ1) is 6.59. The van der Waals surface area contributed by atoms with Gasteiger partial charge < -0.3 is 5.73 Å². The molecule has 0 spiro atoms. The lowest BCUT2D eigenvalue weighted by atomic mass is 10.0. The summed E-state index contributed by atoms with van der Waals surface area (Å²) in [6.07, 6.45) is 2.20. The van der Waals surface area contributed by atoms with Crippen LogP contribution in [0.3, 0.4) is 0 Å². The van der Waals surface area contributed by atoms with E-state index in [1.165, 1.54) is 12.1 Å². The number of hydrogen-bond donors (Lipinski definition) is 1. The summed E-state index contributed by atoms with van der Waals surface area (Å²) in [6.45, 7) is 0. The van der Waals surface area contributed by atoms with Gasteiger partial charge >= 0.3 is 0 Å². The molecule has 1 atom stereocenters. The Morgan fingerprint density at radius 3 is 2.50 bits per heavy atom. The van der Waals surface area contributed by atoms with Crippen molar-refractivity contribution >= 4 is 23.2 Å². The van der Waals surface area contributed by atoms with E-state index in [9.17, 15) is 4.39 Å². The molecule has 4 heteroatoms. The molecule has 0 radical (unpaired) electrons. The summed E-state index contributed by atoms with van der Waals surface area (Å²) in [7, 11) is 0. The minimum atomic E-state index is -0.456. The Morgan fingerprint density at radius 2 is 1.93 bits per heavy atom. The van der Waals surface area contributed by atoms with E-state index >= 15 is 0 Å². The highest BCUT2D eigenvalue weighted by Crippen LogP contribution is 2.42. The molecule has 0 bridgehead atoms. The molecule has 1 fully saturated rings. The molecular formula is C10H10Cl2FN. The van der Waals surface area contributed by atoms with Crippen LogP contribution in [0, 0.1) is 11.7 Å². The highest BCUT2D eigenvalue weighted by atomic mass is 35.5. The molecule has 76 valence electrons. The Hall–Kier alpha value is -0.310. The zero-order valence-electron chi connectivity index (χ0n) is 7.43. The van der Waals surface area contributed by atoms with Crippen LogP contribution < -0.4 is 5.73 Å². The quantitative estimate of drug-likeness (QED) is 0.778. The molecule has 14 heavy (non-hydrogen) atoms. The summed E-state index contributed by atoms with van der Waals surface area (Å²) in [5, 5.41) is 0.498. The lowest BCUT2D eigenvalue weighted by Gasteiger charge is -2.13. The summed E-state index contributed by atoms with van der Waals surface area (Å²) < 4.78 is 13.2. The monoisotopic (exact) mass is 233 g/mol. The van der Waals surface area contributed by atoms with Gasteiger partial charge in [0.05, 0.1) is 5.02 Å². The fourth-order valence-electron chi connectivity index (χ4n) is 1.50. The molecule has 2 rings (SSSR count). The van der Waals surface area contributed by atoms with Gasteiger partial charge in [-0.2, -0.15) is 0 Å². The highest BCUT2D eigenvalue weighted by molar-refractivity contribution is 6.35. The second-order valence-corrected chi connectivity index (χ2v) is 4.47. The van der Waals surface area contributed by atoms with Crippen molar-refractivity contribution in [2.75, 3.05) is 0 Å². The van der Waals surface area contributed by atoms with Gasteiger partial charge in [0.1, 0.15) is 5.82 Å². The van der Waals surface area contributed by atoms with Crippen molar-refractivity contribution in [2.45, 2.75) is 18.9 Å². The smallest absolute Gasteiger partial charge is 0.142 e. The Kier molecular flexibility index (Phi) is 2.69. The van der Waals surface area contributed by atoms with Crippen LogP contribution in [-0.4, -0.2) is 0 Å². The largest absolute Gasteiger partial charge is 0.324 e. The second-order valence-electron chi connectivity index (χ2n) is 3.65. The molecule has 1 aliphatic carbocycles. The molecule has 0 unspecified atom stereocenters. The van der Waals surface area contributed by atoms with Crippen molar-refractivity contribution in [3.63, 3.8) is 0 Å². The fraction of sp³-hybridized carbons (Fsp3) is 0.400. The van der Waals surface area contributed by atoms with Gasteiger partial charge in [0, 0.05) is 11.1 Å². The second kappa shape index (κ2) is 3.69. The Labute approximate surface area is 92.0 Å². The van der Waals surface area contributed by atoms with Crippen molar-refractivity contribution in [1.29, 1.82) is 0 Å². The zero-order valence-corrected chi connectivity index (χ0v) is 8.95. The van der Waals surface area contributed by atoms with E-state index in [-0.39, 0.29) is 11.1 Å². The first-order valence-electron chi connectivity index (χ1n) is 4.49. The topological polar surface area (TPSA) is 26.0 Å². The molecule has 0 aliphatic heterocycles. The predicted molar refractivity (Wildman–Crippen MR) is 56.1 cm³/mol. The molecule has 0 saturated heterocycles. The molecule has 1 aromatic rings. The van der Waals surface area contributed by atoms with Crippen molar-refractivity contribution in [3.8, 4) is 0 Å². The van der Waals surface area contributed by atoms with Crippen LogP contribution in [0.15, 0.2) is 12.1 Å². The van der Waals surface area contributed by atoms with Crippen LogP contribution in [0.1, 0.15) is 24.4 Å². The maximum atomic E-state index is 13.2. The minimum absolute atomic E-state index is 0.0433. The maximum absolute atomic E-state index is 13.2. The van der Waals surface area contributed by atoms with Crippen molar-refractivity contribution in [3.05, 3.63) is 33.6 Å². The Bertz CT molecular complexity index is 363. The third-order valence-corrected chi connectivity index (χ3v) is 3.15. The molecular weight excluding hydrogens is 224 g/mol. The van der Waals surface area contributed by atoms with Crippen LogP contribution in [-0.2, 0) is 0 Å². The average molecular weight is 234 g/mol. The van der Waals surface area contributed by atoms with Gasteiger partial charge in [0.15, 0.2) is 0 Å². The van der Waals surface area contributed by atoms with E-state index < -0.39 is 5.82 Å². The van der Waals surface area contributed by atoms with Gasteiger partial charge in [-0.15, -0.1) is 0 Å². The van der Waals surface area contributed by atoms with Crippen LogP contribution in [0.2, 0.25) is 10.0 Å². The third kappa shape index (κ3) is 1.88. The van der Waals surface area contributed by atoms with Crippen molar-refractivity contribution < 1.29 is 4.39 Å². The standard InChI is InChI=1S/C10H10Cl2FN/c11-7-4-8(12)9(13)3-6(7)10(14)5-1-2-5/h3-5,10H,1-2,14H2/t10-/m0/s1. The van der Waals surface area contributed by atoms with Gasteiger partial charge in [-0.05, 0) is 36.5 Å². The normalized spacial score (nSPS) is 18.3. The first kappa shape index (κ1) is 10.2. The van der Waals surface area contributed by atoms with E-state index in [1.54, 1.807) is 0 Å². The van der Waals surface area contributed by atoms with E-state index in [0.717, 1.165) is 12.8 Å². The maximum Gasteiger partial charge on any atom is 0.142 e. The number of rotatable bonds is 2. The van der Waals surface area contributed by atoms with E-state index in [4.69, 9.17) is 28.9 Å². The summed E-state index contributed by atoms with van der Waals surface area (Å²) in [5.41, 5.74) is 6.59. The van der Waals surface area contributed by atoms with Gasteiger partial charge in [-0.25, -0.2) is 4.39 Å². The van der Waals surface area contributed by atoms with Crippen LogP contribution in [0.5, 0.6) is 0 Å². The van der Waals surface area contributed by atoms with E-state index in [1.807, 2.05) is 0 Å². The third-order valence-electron chi connectivity index (χ3n) is 2.53. The molecule has 2 N–H and O–H groups in total. The molecule has 1 saturated carbocycles.